The lowest BCUT2D eigenvalue weighted by Crippen LogP contribution is -2.25. The van der Waals surface area contributed by atoms with Crippen molar-refractivity contribution >= 4 is 34.9 Å². The van der Waals surface area contributed by atoms with E-state index in [0.29, 0.717) is 5.56 Å². The predicted molar refractivity (Wildman–Crippen MR) is 105 cm³/mol. The molecule has 1 N–H and O–H groups in total. The van der Waals surface area contributed by atoms with Crippen molar-refractivity contribution in [2.45, 2.75) is 13.1 Å². The quantitative estimate of drug-likeness (QED) is 0.471. The van der Waals surface area contributed by atoms with Crippen LogP contribution in [0.3, 0.4) is 0 Å². The van der Waals surface area contributed by atoms with Crippen molar-refractivity contribution in [3.8, 4) is 11.5 Å². The molecule has 166 valence electrons. The van der Waals surface area contributed by atoms with Gasteiger partial charge in [-0.15, -0.1) is 0 Å². The van der Waals surface area contributed by atoms with Crippen LogP contribution in [0.25, 0.3) is 0 Å². The van der Waals surface area contributed by atoms with Crippen molar-refractivity contribution in [1.82, 2.24) is 0 Å². The van der Waals surface area contributed by atoms with E-state index in [0.717, 1.165) is 12.1 Å². The molecule has 0 saturated carbocycles. The molecular formula is C20H17ClF3NO6. The van der Waals surface area contributed by atoms with Crippen LogP contribution in [0.4, 0.5) is 18.9 Å². The number of ether oxygens (including phenoxy) is 3. The SMILES string of the molecule is COc1cc(C(C)=O)ccc1OCC(=O)OCC(=O)Nc1c(Cl)cccc1C(F)(F)F. The van der Waals surface area contributed by atoms with Crippen LogP contribution in [-0.4, -0.2) is 38.0 Å². The third kappa shape index (κ3) is 6.61. The van der Waals surface area contributed by atoms with E-state index in [4.69, 9.17) is 25.8 Å². The number of methoxy groups -OCH3 is 1. The summed E-state index contributed by atoms with van der Waals surface area (Å²) in [6, 6.07) is 7.35. The van der Waals surface area contributed by atoms with Gasteiger partial charge < -0.3 is 19.5 Å². The lowest BCUT2D eigenvalue weighted by molar-refractivity contribution is -0.149. The Kier molecular flexibility index (Phi) is 7.87. The molecule has 7 nitrogen and oxygen atoms in total. The Hall–Kier alpha value is -3.27. The van der Waals surface area contributed by atoms with Gasteiger partial charge >= 0.3 is 12.1 Å². The maximum atomic E-state index is 13.0. The Morgan fingerprint density at radius 1 is 1.06 bits per heavy atom. The number of Topliss-reactive ketones (excluding diaryl/α,β-unsaturated/α-hetero) is 1. The fraction of sp³-hybridized carbons (Fsp3) is 0.250. The number of nitrogens with one attached hydrogen (secondary N) is 1. The molecule has 0 radical (unpaired) electrons. The van der Waals surface area contributed by atoms with Gasteiger partial charge in [0.15, 0.2) is 30.5 Å². The minimum atomic E-state index is -4.74. The van der Waals surface area contributed by atoms with Crippen LogP contribution < -0.4 is 14.8 Å². The van der Waals surface area contributed by atoms with Gasteiger partial charge in [-0.1, -0.05) is 17.7 Å². The average molecular weight is 460 g/mol. The van der Waals surface area contributed by atoms with Crippen molar-refractivity contribution in [2.24, 2.45) is 0 Å². The van der Waals surface area contributed by atoms with Crippen molar-refractivity contribution in [3.63, 3.8) is 0 Å². The fourth-order valence-electron chi connectivity index (χ4n) is 2.39. The van der Waals surface area contributed by atoms with E-state index in [2.05, 4.69) is 0 Å². The van der Waals surface area contributed by atoms with Crippen LogP contribution in [0, 0.1) is 0 Å². The summed E-state index contributed by atoms with van der Waals surface area (Å²) in [5, 5.41) is 1.67. The number of para-hydroxylation sites is 1. The van der Waals surface area contributed by atoms with E-state index in [1.54, 1.807) is 0 Å². The molecule has 11 heteroatoms. The second-order valence-electron chi connectivity index (χ2n) is 6.08. The standard InChI is InChI=1S/C20H17ClF3NO6/c1-11(26)12-6-7-15(16(8-12)29-2)30-10-18(28)31-9-17(27)25-19-13(20(22,23)24)4-3-5-14(19)21/h3-8H,9-10H2,1-2H3,(H,25,27). The van der Waals surface area contributed by atoms with Gasteiger partial charge in [0, 0.05) is 5.56 Å². The Bertz CT molecular complexity index is 993. The topological polar surface area (TPSA) is 90.9 Å². The van der Waals surface area contributed by atoms with Crippen molar-refractivity contribution in [2.75, 3.05) is 25.6 Å². The zero-order chi connectivity index (χ0) is 23.2. The molecular weight excluding hydrogens is 443 g/mol. The predicted octanol–water partition coefficient (Wildman–Crippen LogP) is 4.13. The Balaban J connectivity index is 1.93. The van der Waals surface area contributed by atoms with Gasteiger partial charge in [-0.05, 0) is 37.3 Å². The highest BCUT2D eigenvalue weighted by molar-refractivity contribution is 6.34. The fourth-order valence-corrected chi connectivity index (χ4v) is 2.61. The Labute approximate surface area is 180 Å². The number of hydrogen-bond acceptors (Lipinski definition) is 6. The summed E-state index contributed by atoms with van der Waals surface area (Å²) in [5.41, 5.74) is -1.39. The van der Waals surface area contributed by atoms with Gasteiger partial charge in [0.1, 0.15) is 0 Å². The molecule has 0 saturated heterocycles. The highest BCUT2D eigenvalue weighted by Crippen LogP contribution is 2.38. The number of alkyl halides is 3. The first-order chi connectivity index (χ1) is 14.5. The summed E-state index contributed by atoms with van der Waals surface area (Å²) < 4.78 is 54.2. The van der Waals surface area contributed by atoms with E-state index in [-0.39, 0.29) is 22.3 Å². The molecule has 0 aliphatic carbocycles. The molecule has 0 unspecified atom stereocenters. The summed E-state index contributed by atoms with van der Waals surface area (Å²) in [7, 11) is 1.35. The van der Waals surface area contributed by atoms with Crippen molar-refractivity contribution in [1.29, 1.82) is 0 Å². The molecule has 0 aliphatic heterocycles. The Morgan fingerprint density at radius 3 is 2.39 bits per heavy atom. The molecule has 0 aliphatic rings. The molecule has 0 aromatic heterocycles. The van der Waals surface area contributed by atoms with Gasteiger partial charge in [-0.2, -0.15) is 13.2 Å². The van der Waals surface area contributed by atoms with Gasteiger partial charge in [0.25, 0.3) is 5.91 Å². The zero-order valence-corrected chi connectivity index (χ0v) is 17.1. The molecule has 2 rings (SSSR count). The van der Waals surface area contributed by atoms with E-state index in [1.165, 1.54) is 38.3 Å². The lowest BCUT2D eigenvalue weighted by atomic mass is 10.1. The number of rotatable bonds is 8. The number of benzene rings is 2. The van der Waals surface area contributed by atoms with Crippen molar-refractivity contribution in [3.05, 3.63) is 52.5 Å². The molecule has 0 fully saturated rings. The molecule has 0 heterocycles. The first kappa shape index (κ1) is 24.0. The van der Waals surface area contributed by atoms with E-state index in [9.17, 15) is 27.6 Å². The number of anilines is 1. The normalized spacial score (nSPS) is 10.9. The molecule has 0 spiro atoms. The summed E-state index contributed by atoms with van der Waals surface area (Å²) in [6.45, 7) is -0.0912. The van der Waals surface area contributed by atoms with Gasteiger partial charge in [-0.3, -0.25) is 9.59 Å². The van der Waals surface area contributed by atoms with Crippen LogP contribution in [-0.2, 0) is 20.5 Å². The maximum absolute atomic E-state index is 13.0. The summed E-state index contributed by atoms with van der Waals surface area (Å²) in [4.78, 5) is 35.1. The lowest BCUT2D eigenvalue weighted by Gasteiger charge is -2.15. The Morgan fingerprint density at radius 2 is 1.77 bits per heavy atom. The van der Waals surface area contributed by atoms with Gasteiger partial charge in [0.05, 0.1) is 23.4 Å². The number of hydrogen-bond donors (Lipinski definition) is 1. The summed E-state index contributed by atoms with van der Waals surface area (Å²) >= 11 is 5.74. The van der Waals surface area contributed by atoms with Crippen LogP contribution in [0.5, 0.6) is 11.5 Å². The van der Waals surface area contributed by atoms with E-state index in [1.807, 2.05) is 5.32 Å². The number of halogens is 4. The molecule has 0 bridgehead atoms. The first-order valence-electron chi connectivity index (χ1n) is 8.66. The van der Waals surface area contributed by atoms with Crippen LogP contribution in [0.2, 0.25) is 5.02 Å². The molecule has 0 atom stereocenters. The number of carbonyl (C=O) groups is 3. The minimum absolute atomic E-state index is 0.153. The molecule has 31 heavy (non-hydrogen) atoms. The van der Waals surface area contributed by atoms with Crippen LogP contribution >= 0.6 is 11.6 Å². The largest absolute Gasteiger partial charge is 0.493 e. The number of ketones is 1. The number of esters is 1. The second-order valence-corrected chi connectivity index (χ2v) is 6.49. The number of carbonyl (C=O) groups excluding carboxylic acids is 3. The third-order valence-corrected chi connectivity index (χ3v) is 4.18. The third-order valence-electron chi connectivity index (χ3n) is 3.86. The smallest absolute Gasteiger partial charge is 0.418 e. The second kappa shape index (κ2) is 10.2. The maximum Gasteiger partial charge on any atom is 0.418 e. The van der Waals surface area contributed by atoms with Crippen LogP contribution in [0.1, 0.15) is 22.8 Å². The molecule has 2 aromatic rings. The monoisotopic (exact) mass is 459 g/mol. The molecule has 2 aromatic carbocycles. The highest BCUT2D eigenvalue weighted by Gasteiger charge is 2.34. The van der Waals surface area contributed by atoms with Crippen molar-refractivity contribution < 1.29 is 41.8 Å². The molecule has 1 amide bonds. The highest BCUT2D eigenvalue weighted by atomic mass is 35.5. The average Bonchev–Trinajstić information content (AvgIpc) is 2.71. The summed E-state index contributed by atoms with van der Waals surface area (Å²) in [6.07, 6.45) is -4.74. The first-order valence-corrected chi connectivity index (χ1v) is 9.03. The van der Waals surface area contributed by atoms with E-state index < -0.39 is 42.5 Å². The van der Waals surface area contributed by atoms with E-state index >= 15 is 0 Å². The zero-order valence-electron chi connectivity index (χ0n) is 16.3. The summed E-state index contributed by atoms with van der Waals surface area (Å²) in [5.74, 6) is -1.81. The van der Waals surface area contributed by atoms with Gasteiger partial charge in [0.2, 0.25) is 0 Å². The van der Waals surface area contributed by atoms with Crippen LogP contribution in [0.15, 0.2) is 36.4 Å². The minimum Gasteiger partial charge on any atom is -0.493 e. The van der Waals surface area contributed by atoms with Gasteiger partial charge in [-0.25, -0.2) is 4.79 Å². The number of amides is 1.